The molecular formula is C15H30N2O. The van der Waals surface area contributed by atoms with Gasteiger partial charge in [0.1, 0.15) is 0 Å². The lowest BCUT2D eigenvalue weighted by atomic mass is 9.98. The second-order valence-electron chi connectivity index (χ2n) is 5.98. The van der Waals surface area contributed by atoms with Crippen LogP contribution >= 0.6 is 0 Å². The largest absolute Gasteiger partial charge is 0.381 e. The SMILES string of the molecule is CCCNC(CN(CC)CC1CC1)C1CCOC1. The smallest absolute Gasteiger partial charge is 0.0510 e. The molecule has 1 saturated carbocycles. The summed E-state index contributed by atoms with van der Waals surface area (Å²) >= 11 is 0. The van der Waals surface area contributed by atoms with Gasteiger partial charge in [0.25, 0.3) is 0 Å². The molecule has 0 bridgehead atoms. The Bertz CT molecular complexity index is 225. The third-order valence-electron chi connectivity index (χ3n) is 4.31. The Morgan fingerprint density at radius 2 is 2.11 bits per heavy atom. The molecule has 18 heavy (non-hydrogen) atoms. The van der Waals surface area contributed by atoms with Gasteiger partial charge in [-0.1, -0.05) is 13.8 Å². The summed E-state index contributed by atoms with van der Waals surface area (Å²) in [6.07, 6.45) is 5.37. The lowest BCUT2D eigenvalue weighted by Gasteiger charge is -2.30. The van der Waals surface area contributed by atoms with E-state index >= 15 is 0 Å². The average molecular weight is 254 g/mol. The van der Waals surface area contributed by atoms with Gasteiger partial charge in [0.2, 0.25) is 0 Å². The third kappa shape index (κ3) is 4.52. The van der Waals surface area contributed by atoms with Gasteiger partial charge in [0.15, 0.2) is 0 Å². The number of rotatable bonds is 9. The summed E-state index contributed by atoms with van der Waals surface area (Å²) in [4.78, 5) is 2.64. The Morgan fingerprint density at radius 3 is 2.67 bits per heavy atom. The molecule has 0 amide bonds. The van der Waals surface area contributed by atoms with E-state index in [-0.39, 0.29) is 0 Å². The highest BCUT2D eigenvalue weighted by atomic mass is 16.5. The molecule has 106 valence electrons. The Hall–Kier alpha value is -0.120. The molecule has 2 aliphatic rings. The van der Waals surface area contributed by atoms with Crippen molar-refractivity contribution in [3.05, 3.63) is 0 Å². The first-order valence-electron chi connectivity index (χ1n) is 7.87. The van der Waals surface area contributed by atoms with Crippen LogP contribution in [0.4, 0.5) is 0 Å². The molecule has 3 nitrogen and oxygen atoms in total. The molecule has 1 N–H and O–H groups in total. The number of nitrogens with zero attached hydrogens (tertiary/aromatic N) is 1. The van der Waals surface area contributed by atoms with Crippen LogP contribution in [0, 0.1) is 11.8 Å². The van der Waals surface area contributed by atoms with Gasteiger partial charge in [0.05, 0.1) is 6.61 Å². The fourth-order valence-corrected chi connectivity index (χ4v) is 2.86. The van der Waals surface area contributed by atoms with Crippen molar-refractivity contribution in [2.45, 2.75) is 45.6 Å². The Morgan fingerprint density at radius 1 is 1.28 bits per heavy atom. The second kappa shape index (κ2) is 7.46. The molecule has 0 aromatic carbocycles. The lowest BCUT2D eigenvalue weighted by Crippen LogP contribution is -2.46. The van der Waals surface area contributed by atoms with E-state index in [1.165, 1.54) is 45.3 Å². The maximum atomic E-state index is 5.57. The van der Waals surface area contributed by atoms with Crippen LogP contribution in [0.15, 0.2) is 0 Å². The molecule has 2 rings (SSSR count). The van der Waals surface area contributed by atoms with Gasteiger partial charge in [0, 0.05) is 31.7 Å². The quantitative estimate of drug-likeness (QED) is 0.682. The van der Waals surface area contributed by atoms with Gasteiger partial charge in [-0.2, -0.15) is 0 Å². The van der Waals surface area contributed by atoms with E-state index in [2.05, 4.69) is 24.1 Å². The van der Waals surface area contributed by atoms with Gasteiger partial charge < -0.3 is 15.0 Å². The van der Waals surface area contributed by atoms with E-state index < -0.39 is 0 Å². The van der Waals surface area contributed by atoms with E-state index in [0.29, 0.717) is 6.04 Å². The Balaban J connectivity index is 1.80. The zero-order valence-corrected chi connectivity index (χ0v) is 12.2. The predicted molar refractivity (Wildman–Crippen MR) is 75.8 cm³/mol. The highest BCUT2D eigenvalue weighted by Crippen LogP contribution is 2.30. The fraction of sp³-hybridized carbons (Fsp3) is 1.00. The molecule has 2 atom stereocenters. The minimum absolute atomic E-state index is 0.631. The summed E-state index contributed by atoms with van der Waals surface area (Å²) in [5, 5.41) is 3.75. The van der Waals surface area contributed by atoms with Crippen LogP contribution in [0.5, 0.6) is 0 Å². The van der Waals surface area contributed by atoms with Crippen molar-refractivity contribution in [1.82, 2.24) is 10.2 Å². The first kappa shape index (κ1) is 14.3. The normalized spacial score (nSPS) is 25.8. The molecular weight excluding hydrogens is 224 g/mol. The third-order valence-corrected chi connectivity index (χ3v) is 4.31. The van der Waals surface area contributed by atoms with Crippen LogP contribution in [-0.2, 0) is 4.74 Å². The monoisotopic (exact) mass is 254 g/mol. The van der Waals surface area contributed by atoms with E-state index in [4.69, 9.17) is 4.74 Å². The minimum atomic E-state index is 0.631. The summed E-state index contributed by atoms with van der Waals surface area (Å²) in [5.74, 6) is 1.72. The van der Waals surface area contributed by atoms with Crippen LogP contribution in [0.25, 0.3) is 0 Å². The van der Waals surface area contributed by atoms with Gasteiger partial charge in [-0.15, -0.1) is 0 Å². The lowest BCUT2D eigenvalue weighted by molar-refractivity contribution is 0.160. The number of likely N-dealkylation sites (N-methyl/N-ethyl adjacent to an activating group) is 1. The van der Waals surface area contributed by atoms with Crippen molar-refractivity contribution in [3.8, 4) is 0 Å². The summed E-state index contributed by atoms with van der Waals surface area (Å²) in [5.41, 5.74) is 0. The molecule has 1 saturated heterocycles. The van der Waals surface area contributed by atoms with E-state index in [1.54, 1.807) is 0 Å². The van der Waals surface area contributed by atoms with Gasteiger partial charge >= 0.3 is 0 Å². The van der Waals surface area contributed by atoms with Crippen LogP contribution in [0.1, 0.15) is 39.5 Å². The molecule has 2 unspecified atom stereocenters. The summed E-state index contributed by atoms with van der Waals surface area (Å²) in [6, 6.07) is 0.631. The topological polar surface area (TPSA) is 24.5 Å². The molecule has 1 heterocycles. The molecule has 2 fully saturated rings. The van der Waals surface area contributed by atoms with Crippen molar-refractivity contribution >= 4 is 0 Å². The zero-order valence-electron chi connectivity index (χ0n) is 12.2. The fourth-order valence-electron chi connectivity index (χ4n) is 2.86. The summed E-state index contributed by atoms with van der Waals surface area (Å²) in [7, 11) is 0. The van der Waals surface area contributed by atoms with Crippen molar-refractivity contribution in [1.29, 1.82) is 0 Å². The Labute approximate surface area is 112 Å². The van der Waals surface area contributed by atoms with E-state index in [9.17, 15) is 0 Å². The highest BCUT2D eigenvalue weighted by molar-refractivity contribution is 4.84. The molecule has 3 heteroatoms. The van der Waals surface area contributed by atoms with Gasteiger partial charge in [-0.25, -0.2) is 0 Å². The molecule has 1 aliphatic carbocycles. The molecule has 0 spiro atoms. The predicted octanol–water partition coefficient (Wildman–Crippen LogP) is 2.12. The summed E-state index contributed by atoms with van der Waals surface area (Å²) in [6.45, 7) is 11.3. The van der Waals surface area contributed by atoms with Crippen molar-refractivity contribution in [2.75, 3.05) is 39.4 Å². The maximum Gasteiger partial charge on any atom is 0.0510 e. The second-order valence-corrected chi connectivity index (χ2v) is 5.98. The van der Waals surface area contributed by atoms with Crippen LogP contribution in [0.3, 0.4) is 0 Å². The molecule has 0 radical (unpaired) electrons. The average Bonchev–Trinajstić information content (AvgIpc) is 3.03. The molecule has 0 aromatic heterocycles. The zero-order chi connectivity index (χ0) is 12.8. The van der Waals surface area contributed by atoms with Crippen LogP contribution < -0.4 is 5.32 Å². The van der Waals surface area contributed by atoms with Crippen molar-refractivity contribution < 1.29 is 4.74 Å². The van der Waals surface area contributed by atoms with Crippen molar-refractivity contribution in [2.24, 2.45) is 11.8 Å². The van der Waals surface area contributed by atoms with Crippen LogP contribution in [-0.4, -0.2) is 50.3 Å². The van der Waals surface area contributed by atoms with Crippen LogP contribution in [0.2, 0.25) is 0 Å². The summed E-state index contributed by atoms with van der Waals surface area (Å²) < 4.78 is 5.57. The number of ether oxygens (including phenoxy) is 1. The minimum Gasteiger partial charge on any atom is -0.381 e. The standard InChI is InChI=1S/C15H30N2O/c1-3-8-16-15(14-7-9-18-12-14)11-17(4-2)10-13-5-6-13/h13-16H,3-12H2,1-2H3. The van der Waals surface area contributed by atoms with E-state index in [0.717, 1.165) is 31.6 Å². The highest BCUT2D eigenvalue weighted by Gasteiger charge is 2.29. The van der Waals surface area contributed by atoms with Gasteiger partial charge in [-0.3, -0.25) is 0 Å². The molecule has 0 aromatic rings. The number of hydrogen-bond acceptors (Lipinski definition) is 3. The molecule has 1 aliphatic heterocycles. The first-order chi connectivity index (χ1) is 8.83. The number of hydrogen-bond donors (Lipinski definition) is 1. The maximum absolute atomic E-state index is 5.57. The van der Waals surface area contributed by atoms with Crippen molar-refractivity contribution in [3.63, 3.8) is 0 Å². The first-order valence-corrected chi connectivity index (χ1v) is 7.87. The van der Waals surface area contributed by atoms with E-state index in [1.807, 2.05) is 0 Å². The Kier molecular flexibility index (Phi) is 5.93. The number of nitrogens with one attached hydrogen (secondary N) is 1. The van der Waals surface area contributed by atoms with Gasteiger partial charge in [-0.05, 0) is 44.7 Å².